The van der Waals surface area contributed by atoms with E-state index < -0.39 is 5.97 Å². The van der Waals surface area contributed by atoms with Crippen LogP contribution in [0.15, 0.2) is 77.7 Å². The first kappa shape index (κ1) is 17.9. The highest BCUT2D eigenvalue weighted by Crippen LogP contribution is 2.24. The third-order valence-corrected chi connectivity index (χ3v) is 4.55. The van der Waals surface area contributed by atoms with E-state index in [9.17, 15) is 4.79 Å². The Morgan fingerprint density at radius 3 is 2.39 bits per heavy atom. The van der Waals surface area contributed by atoms with E-state index in [2.05, 4.69) is 30.9 Å². The fourth-order valence-corrected chi connectivity index (χ4v) is 2.94. The molecule has 0 unspecified atom stereocenters. The van der Waals surface area contributed by atoms with Gasteiger partial charge in [0.2, 0.25) is 5.90 Å². The van der Waals surface area contributed by atoms with Crippen molar-refractivity contribution in [1.82, 2.24) is 9.78 Å². The third-order valence-electron chi connectivity index (χ3n) is 4.55. The molecule has 0 saturated heterocycles. The molecule has 0 N–H and O–H groups in total. The second kappa shape index (κ2) is 6.93. The molecule has 0 bridgehead atoms. The summed E-state index contributed by atoms with van der Waals surface area (Å²) in [6.45, 7) is 6.47. The number of aromatic nitrogens is 2. The molecule has 1 aliphatic rings. The van der Waals surface area contributed by atoms with Crippen LogP contribution in [0.2, 0.25) is 0 Å². The van der Waals surface area contributed by atoms with Crippen LogP contribution in [0.5, 0.6) is 0 Å². The predicted molar refractivity (Wildman–Crippen MR) is 109 cm³/mol. The Kier molecular flexibility index (Phi) is 4.43. The number of cyclic esters (lactones) is 1. The number of carbonyl (C=O) groups excluding carboxylic acids is 1. The quantitative estimate of drug-likeness (QED) is 0.503. The maximum Gasteiger partial charge on any atom is 0.363 e. The van der Waals surface area contributed by atoms with Crippen LogP contribution >= 0.6 is 0 Å². The van der Waals surface area contributed by atoms with Crippen molar-refractivity contribution in [3.8, 4) is 5.69 Å². The Hall–Kier alpha value is -3.47. The smallest absolute Gasteiger partial charge is 0.363 e. The first-order valence-corrected chi connectivity index (χ1v) is 9.14. The Balaban J connectivity index is 1.58. The van der Waals surface area contributed by atoms with E-state index in [1.807, 2.05) is 60.8 Å². The van der Waals surface area contributed by atoms with Gasteiger partial charge in [-0.2, -0.15) is 5.10 Å². The molecular weight excluding hydrogens is 350 g/mol. The van der Waals surface area contributed by atoms with Crippen molar-refractivity contribution >= 4 is 17.9 Å². The maximum absolute atomic E-state index is 12.2. The summed E-state index contributed by atoms with van der Waals surface area (Å²) < 4.78 is 7.12. The van der Waals surface area contributed by atoms with Gasteiger partial charge in [0.25, 0.3) is 0 Å². The SMILES string of the molecule is CC(C)(C)c1ccc(C2=N/C(=C\c3cnn(-c4ccccc4)c3)C(=O)O2)cc1. The lowest BCUT2D eigenvalue weighted by atomic mass is 9.87. The van der Waals surface area contributed by atoms with E-state index in [1.165, 1.54) is 5.56 Å². The first-order valence-electron chi connectivity index (χ1n) is 9.14. The summed E-state index contributed by atoms with van der Waals surface area (Å²) in [5, 5.41) is 4.33. The molecule has 0 radical (unpaired) electrons. The monoisotopic (exact) mass is 371 g/mol. The second-order valence-electron chi connectivity index (χ2n) is 7.72. The number of aliphatic imine (C=N–C) groups is 1. The number of esters is 1. The van der Waals surface area contributed by atoms with Crippen LogP contribution in [-0.2, 0) is 14.9 Å². The van der Waals surface area contributed by atoms with Gasteiger partial charge >= 0.3 is 5.97 Å². The molecule has 0 atom stereocenters. The number of hydrogen-bond acceptors (Lipinski definition) is 4. The van der Waals surface area contributed by atoms with Gasteiger partial charge in [-0.3, -0.25) is 0 Å². The van der Waals surface area contributed by atoms with Crippen LogP contribution in [0, 0.1) is 0 Å². The zero-order valence-corrected chi connectivity index (χ0v) is 16.1. The van der Waals surface area contributed by atoms with E-state index in [1.54, 1.807) is 17.0 Å². The summed E-state index contributed by atoms with van der Waals surface area (Å²) in [5.41, 5.74) is 4.06. The number of nitrogens with zero attached hydrogens (tertiary/aromatic N) is 3. The van der Waals surface area contributed by atoms with E-state index in [4.69, 9.17) is 4.74 Å². The van der Waals surface area contributed by atoms with Crippen LogP contribution in [-0.4, -0.2) is 21.6 Å². The lowest BCUT2D eigenvalue weighted by molar-refractivity contribution is -0.129. The normalized spacial score (nSPS) is 15.6. The van der Waals surface area contributed by atoms with Crippen LogP contribution in [0.4, 0.5) is 0 Å². The molecule has 28 heavy (non-hydrogen) atoms. The summed E-state index contributed by atoms with van der Waals surface area (Å²) in [7, 11) is 0. The van der Waals surface area contributed by atoms with Gasteiger partial charge in [0, 0.05) is 17.3 Å². The highest BCUT2D eigenvalue weighted by Gasteiger charge is 2.24. The van der Waals surface area contributed by atoms with Crippen LogP contribution in [0.25, 0.3) is 11.8 Å². The molecule has 1 aliphatic heterocycles. The average Bonchev–Trinajstić information content (AvgIpc) is 3.29. The molecule has 140 valence electrons. The van der Waals surface area contributed by atoms with Crippen molar-refractivity contribution in [2.45, 2.75) is 26.2 Å². The van der Waals surface area contributed by atoms with Crippen molar-refractivity contribution in [3.05, 3.63) is 89.4 Å². The van der Waals surface area contributed by atoms with Crippen molar-refractivity contribution in [1.29, 1.82) is 0 Å². The van der Waals surface area contributed by atoms with Gasteiger partial charge in [0.15, 0.2) is 5.70 Å². The van der Waals surface area contributed by atoms with Gasteiger partial charge in [-0.1, -0.05) is 51.1 Å². The fourth-order valence-electron chi connectivity index (χ4n) is 2.94. The molecule has 0 aliphatic carbocycles. The number of ether oxygens (including phenoxy) is 1. The Morgan fingerprint density at radius 1 is 1.00 bits per heavy atom. The highest BCUT2D eigenvalue weighted by atomic mass is 16.6. The zero-order valence-electron chi connectivity index (χ0n) is 16.1. The Morgan fingerprint density at radius 2 is 1.71 bits per heavy atom. The van der Waals surface area contributed by atoms with Gasteiger partial charge in [-0.15, -0.1) is 0 Å². The minimum absolute atomic E-state index is 0.0661. The zero-order chi connectivity index (χ0) is 19.7. The minimum Gasteiger partial charge on any atom is -0.402 e. The lowest BCUT2D eigenvalue weighted by Gasteiger charge is -2.18. The van der Waals surface area contributed by atoms with Gasteiger partial charge in [-0.25, -0.2) is 14.5 Å². The largest absolute Gasteiger partial charge is 0.402 e. The van der Waals surface area contributed by atoms with Gasteiger partial charge < -0.3 is 4.74 Å². The summed E-state index contributed by atoms with van der Waals surface area (Å²) in [6.07, 6.45) is 5.23. The van der Waals surface area contributed by atoms with Crippen molar-refractivity contribution in [2.24, 2.45) is 4.99 Å². The number of rotatable bonds is 3. The number of hydrogen-bond donors (Lipinski definition) is 0. The van der Waals surface area contributed by atoms with E-state index >= 15 is 0 Å². The maximum atomic E-state index is 12.2. The first-order chi connectivity index (χ1) is 13.4. The van der Waals surface area contributed by atoms with Gasteiger partial charge in [0.1, 0.15) is 0 Å². The Labute approximate surface area is 164 Å². The van der Waals surface area contributed by atoms with Gasteiger partial charge in [-0.05, 0) is 41.3 Å². The minimum atomic E-state index is -0.456. The molecule has 1 aromatic heterocycles. The third kappa shape index (κ3) is 3.64. The summed E-state index contributed by atoms with van der Waals surface area (Å²) in [5.74, 6) is -0.130. The number of para-hydroxylation sites is 1. The number of carbonyl (C=O) groups is 1. The standard InChI is InChI=1S/C23H21N3O2/c1-23(2,3)18-11-9-17(10-12-18)21-25-20(22(27)28-21)13-16-14-24-26(15-16)19-7-5-4-6-8-19/h4-15H,1-3H3/b20-13-. The van der Waals surface area contributed by atoms with Crippen LogP contribution < -0.4 is 0 Å². The summed E-state index contributed by atoms with van der Waals surface area (Å²) in [6, 6.07) is 17.7. The van der Waals surface area contributed by atoms with Crippen molar-refractivity contribution < 1.29 is 9.53 Å². The summed E-state index contributed by atoms with van der Waals surface area (Å²) in [4.78, 5) is 16.6. The van der Waals surface area contributed by atoms with Crippen molar-refractivity contribution in [3.63, 3.8) is 0 Å². The molecule has 2 heterocycles. The molecule has 0 spiro atoms. The molecule has 5 nitrogen and oxygen atoms in total. The Bertz CT molecular complexity index is 1070. The molecule has 5 heteroatoms. The van der Waals surface area contributed by atoms with E-state index in [0.29, 0.717) is 5.90 Å². The van der Waals surface area contributed by atoms with Gasteiger partial charge in [0.05, 0.1) is 11.9 Å². The summed E-state index contributed by atoms with van der Waals surface area (Å²) >= 11 is 0. The molecular formula is C23H21N3O2. The number of benzene rings is 2. The van der Waals surface area contributed by atoms with Crippen LogP contribution in [0.1, 0.15) is 37.5 Å². The predicted octanol–water partition coefficient (Wildman–Crippen LogP) is 4.51. The molecule has 3 aromatic rings. The highest BCUT2D eigenvalue weighted by molar-refractivity contribution is 6.12. The fraction of sp³-hybridized carbons (Fsp3) is 0.174. The van der Waals surface area contributed by atoms with E-state index in [-0.39, 0.29) is 11.1 Å². The topological polar surface area (TPSA) is 56.5 Å². The lowest BCUT2D eigenvalue weighted by Crippen LogP contribution is -2.11. The molecule has 2 aromatic carbocycles. The molecule has 0 fully saturated rings. The molecule has 0 amide bonds. The molecule has 4 rings (SSSR count). The van der Waals surface area contributed by atoms with Crippen LogP contribution in [0.3, 0.4) is 0 Å². The second-order valence-corrected chi connectivity index (χ2v) is 7.72. The van der Waals surface area contributed by atoms with Crippen molar-refractivity contribution in [2.75, 3.05) is 0 Å². The molecule has 0 saturated carbocycles. The average molecular weight is 371 g/mol. The van der Waals surface area contributed by atoms with E-state index in [0.717, 1.165) is 16.8 Å².